The molecule has 6 nitrogen and oxygen atoms in total. The number of aliphatic hydroxyl groups excluding tert-OH is 1. The van der Waals surface area contributed by atoms with Crippen LogP contribution in [-0.4, -0.2) is 21.1 Å². The number of benzene rings is 1. The molecular weight excluding hydrogens is 228 g/mol. The van der Waals surface area contributed by atoms with E-state index in [-0.39, 0.29) is 0 Å². The zero-order valence-corrected chi connectivity index (χ0v) is 7.55. The van der Waals surface area contributed by atoms with Gasteiger partial charge in [0.25, 0.3) is 5.69 Å². The van der Waals surface area contributed by atoms with Crippen molar-refractivity contribution in [2.24, 2.45) is 0 Å². The smallest absolute Gasteiger partial charge is 0.337 e. The van der Waals surface area contributed by atoms with Crippen LogP contribution in [0.4, 0.5) is 14.5 Å². The molecule has 1 atom stereocenters. The molecule has 0 saturated heterocycles. The Balaban J connectivity index is 3.37. The molecule has 0 fully saturated rings. The van der Waals surface area contributed by atoms with Crippen LogP contribution in [0, 0.1) is 21.7 Å². The summed E-state index contributed by atoms with van der Waals surface area (Å²) < 4.78 is 25.9. The van der Waals surface area contributed by atoms with Gasteiger partial charge in [-0.15, -0.1) is 0 Å². The Kier molecular flexibility index (Phi) is 3.14. The van der Waals surface area contributed by atoms with Crippen molar-refractivity contribution in [2.45, 2.75) is 6.10 Å². The second kappa shape index (κ2) is 4.19. The van der Waals surface area contributed by atoms with E-state index >= 15 is 0 Å². The summed E-state index contributed by atoms with van der Waals surface area (Å²) in [5.41, 5.74) is -1.83. The summed E-state index contributed by atoms with van der Waals surface area (Å²) in [6, 6.07) is 0.768. The summed E-state index contributed by atoms with van der Waals surface area (Å²) >= 11 is 0. The molecule has 0 radical (unpaired) electrons. The van der Waals surface area contributed by atoms with Crippen molar-refractivity contribution in [3.63, 3.8) is 0 Å². The Labute approximate surface area is 86.9 Å². The Morgan fingerprint density at radius 1 is 1.44 bits per heavy atom. The van der Waals surface area contributed by atoms with E-state index < -0.39 is 39.9 Å². The molecule has 8 heteroatoms. The van der Waals surface area contributed by atoms with Gasteiger partial charge >= 0.3 is 5.97 Å². The molecule has 0 aliphatic rings. The molecule has 86 valence electrons. The lowest BCUT2D eigenvalue weighted by Crippen LogP contribution is -2.13. The fraction of sp³-hybridized carbons (Fsp3) is 0.125. The van der Waals surface area contributed by atoms with Gasteiger partial charge in [0.2, 0.25) is 0 Å². The number of aliphatic hydroxyl groups is 1. The van der Waals surface area contributed by atoms with Gasteiger partial charge in [-0.05, 0) is 0 Å². The molecule has 1 unspecified atom stereocenters. The number of rotatable bonds is 3. The van der Waals surface area contributed by atoms with Crippen molar-refractivity contribution in [1.82, 2.24) is 0 Å². The average Bonchev–Trinajstić information content (AvgIpc) is 2.20. The maximum Gasteiger partial charge on any atom is 0.337 e. The number of non-ortho nitro benzene ring substituents is 1. The SMILES string of the molecule is O=C(O)C(O)c1cc([N+](=O)[O-])cc(F)c1F. The number of aliphatic carboxylic acids is 1. The summed E-state index contributed by atoms with van der Waals surface area (Å²) in [5, 5.41) is 27.6. The lowest BCUT2D eigenvalue weighted by atomic mass is 10.1. The van der Waals surface area contributed by atoms with Crippen LogP contribution in [-0.2, 0) is 4.79 Å². The summed E-state index contributed by atoms with van der Waals surface area (Å²) in [4.78, 5) is 19.6. The largest absolute Gasteiger partial charge is 0.479 e. The highest BCUT2D eigenvalue weighted by Crippen LogP contribution is 2.25. The molecule has 0 aliphatic heterocycles. The van der Waals surface area contributed by atoms with E-state index in [0.29, 0.717) is 12.1 Å². The highest BCUT2D eigenvalue weighted by Gasteiger charge is 2.25. The monoisotopic (exact) mass is 233 g/mol. The molecule has 16 heavy (non-hydrogen) atoms. The van der Waals surface area contributed by atoms with E-state index in [1.165, 1.54) is 0 Å². The Morgan fingerprint density at radius 2 is 2.00 bits per heavy atom. The van der Waals surface area contributed by atoms with Crippen LogP contribution in [0.25, 0.3) is 0 Å². The van der Waals surface area contributed by atoms with Gasteiger partial charge < -0.3 is 10.2 Å². The van der Waals surface area contributed by atoms with Crippen LogP contribution in [0.1, 0.15) is 11.7 Å². The van der Waals surface area contributed by atoms with Crippen molar-refractivity contribution >= 4 is 11.7 Å². The third-order valence-corrected chi connectivity index (χ3v) is 1.78. The number of nitro benzene ring substituents is 1. The second-order valence-corrected chi connectivity index (χ2v) is 2.83. The third kappa shape index (κ3) is 2.11. The lowest BCUT2D eigenvalue weighted by Gasteiger charge is -2.07. The van der Waals surface area contributed by atoms with E-state index in [1.807, 2.05) is 0 Å². The van der Waals surface area contributed by atoms with Gasteiger partial charge in [-0.25, -0.2) is 13.6 Å². The molecule has 1 aromatic rings. The quantitative estimate of drug-likeness (QED) is 0.598. The molecule has 0 bridgehead atoms. The van der Waals surface area contributed by atoms with E-state index in [1.54, 1.807) is 0 Å². The molecule has 2 N–H and O–H groups in total. The topological polar surface area (TPSA) is 101 Å². The number of carbonyl (C=O) groups is 1. The molecule has 0 heterocycles. The lowest BCUT2D eigenvalue weighted by molar-refractivity contribution is -0.385. The number of halogens is 2. The van der Waals surface area contributed by atoms with Crippen LogP contribution in [0.3, 0.4) is 0 Å². The van der Waals surface area contributed by atoms with Crippen LogP contribution in [0.5, 0.6) is 0 Å². The molecule has 0 aromatic heterocycles. The van der Waals surface area contributed by atoms with Gasteiger partial charge in [-0.2, -0.15) is 0 Å². The van der Waals surface area contributed by atoms with Gasteiger partial charge in [-0.3, -0.25) is 10.1 Å². The van der Waals surface area contributed by atoms with Crippen LogP contribution in [0.2, 0.25) is 0 Å². The first kappa shape index (κ1) is 12.0. The number of carboxylic acids is 1. The summed E-state index contributed by atoms with van der Waals surface area (Å²) in [5.74, 6) is -5.05. The number of nitrogens with zero attached hydrogens (tertiary/aromatic N) is 1. The van der Waals surface area contributed by atoms with Gasteiger partial charge in [-0.1, -0.05) is 0 Å². The molecule has 1 rings (SSSR count). The van der Waals surface area contributed by atoms with Crippen molar-refractivity contribution < 1.29 is 28.7 Å². The predicted molar refractivity (Wildman–Crippen MR) is 45.6 cm³/mol. The normalized spacial score (nSPS) is 12.2. The fourth-order valence-electron chi connectivity index (χ4n) is 1.03. The zero-order chi connectivity index (χ0) is 12.5. The van der Waals surface area contributed by atoms with Crippen LogP contribution in [0.15, 0.2) is 12.1 Å². The Bertz CT molecular complexity index is 462. The van der Waals surface area contributed by atoms with Crippen LogP contribution < -0.4 is 0 Å². The van der Waals surface area contributed by atoms with E-state index in [4.69, 9.17) is 10.2 Å². The standard InChI is InChI=1S/C8H5F2NO5/c9-5-2-3(11(15)16)1-4(6(5)10)7(12)8(13)14/h1-2,7,12H,(H,13,14). The highest BCUT2D eigenvalue weighted by molar-refractivity contribution is 5.74. The molecule has 0 spiro atoms. The number of carboxylic acid groups (broad SMARTS) is 1. The number of hydrogen-bond acceptors (Lipinski definition) is 4. The Morgan fingerprint density at radius 3 is 2.44 bits per heavy atom. The van der Waals surface area contributed by atoms with Gasteiger partial charge in [0.05, 0.1) is 11.0 Å². The van der Waals surface area contributed by atoms with E-state index in [9.17, 15) is 23.7 Å². The summed E-state index contributed by atoms with van der Waals surface area (Å²) in [6.45, 7) is 0. The summed E-state index contributed by atoms with van der Waals surface area (Å²) in [6.07, 6.45) is -2.35. The minimum absolute atomic E-state index is 0.299. The van der Waals surface area contributed by atoms with Crippen molar-refractivity contribution in [3.8, 4) is 0 Å². The van der Waals surface area contributed by atoms with Gasteiger partial charge in [0, 0.05) is 11.6 Å². The minimum Gasteiger partial charge on any atom is -0.479 e. The first-order chi connectivity index (χ1) is 7.34. The third-order valence-electron chi connectivity index (χ3n) is 1.78. The maximum absolute atomic E-state index is 13.0. The minimum atomic E-state index is -2.35. The zero-order valence-electron chi connectivity index (χ0n) is 7.55. The van der Waals surface area contributed by atoms with Crippen LogP contribution >= 0.6 is 0 Å². The maximum atomic E-state index is 13.0. The number of hydrogen-bond donors (Lipinski definition) is 2. The molecule has 0 saturated carbocycles. The van der Waals surface area contributed by atoms with Crippen molar-refractivity contribution in [2.75, 3.05) is 0 Å². The molecular formula is C8H5F2NO5. The second-order valence-electron chi connectivity index (χ2n) is 2.83. The average molecular weight is 233 g/mol. The van der Waals surface area contributed by atoms with Gasteiger partial charge in [0.1, 0.15) is 0 Å². The van der Waals surface area contributed by atoms with E-state index in [0.717, 1.165) is 0 Å². The van der Waals surface area contributed by atoms with E-state index in [2.05, 4.69) is 0 Å². The molecule has 1 aromatic carbocycles. The van der Waals surface area contributed by atoms with Crippen molar-refractivity contribution in [3.05, 3.63) is 39.4 Å². The predicted octanol–water partition coefficient (Wildman–Crippen LogP) is 0.991. The van der Waals surface area contributed by atoms with Crippen molar-refractivity contribution in [1.29, 1.82) is 0 Å². The molecule has 0 amide bonds. The molecule has 0 aliphatic carbocycles. The first-order valence-corrected chi connectivity index (χ1v) is 3.88. The number of nitro groups is 1. The Hall–Kier alpha value is -2.09. The summed E-state index contributed by atoms with van der Waals surface area (Å²) in [7, 11) is 0. The fourth-order valence-corrected chi connectivity index (χ4v) is 1.03. The first-order valence-electron chi connectivity index (χ1n) is 3.88. The van der Waals surface area contributed by atoms with Gasteiger partial charge in [0.15, 0.2) is 17.7 Å². The highest BCUT2D eigenvalue weighted by atomic mass is 19.2.